The predicted octanol–water partition coefficient (Wildman–Crippen LogP) is 1.71. The van der Waals surface area contributed by atoms with Gasteiger partial charge < -0.3 is 5.11 Å². The van der Waals surface area contributed by atoms with Crippen LogP contribution in [0.25, 0.3) is 0 Å². The van der Waals surface area contributed by atoms with Gasteiger partial charge in [-0.3, -0.25) is 9.69 Å². The van der Waals surface area contributed by atoms with Crippen LogP contribution in [0.1, 0.15) is 41.6 Å². The molecule has 15 heavy (non-hydrogen) atoms. The smallest absolute Gasteiger partial charge is 0.150 e. The van der Waals surface area contributed by atoms with E-state index in [1.807, 2.05) is 11.0 Å². The van der Waals surface area contributed by atoms with Crippen LogP contribution >= 0.6 is 0 Å². The van der Waals surface area contributed by atoms with Crippen molar-refractivity contribution < 1.29 is 9.90 Å². The molecule has 0 amide bonds. The summed E-state index contributed by atoms with van der Waals surface area (Å²) in [6.45, 7) is 4.86. The Morgan fingerprint density at radius 3 is 2.87 bits per heavy atom. The zero-order valence-electron chi connectivity index (χ0n) is 8.97. The monoisotopic (exact) mass is 205 g/mol. The highest BCUT2D eigenvalue weighted by Crippen LogP contribution is 2.33. The van der Waals surface area contributed by atoms with Crippen LogP contribution in [-0.4, -0.2) is 22.3 Å². The third kappa shape index (κ3) is 1.68. The minimum Gasteiger partial charge on any atom is -0.374 e. The lowest BCUT2D eigenvalue weighted by Gasteiger charge is -2.24. The fourth-order valence-corrected chi connectivity index (χ4v) is 2.00. The van der Waals surface area contributed by atoms with Crippen LogP contribution in [0.3, 0.4) is 0 Å². The maximum atomic E-state index is 10.6. The standard InChI is InChI=1S/C12H15NO2/c1-8(2)13-6-10-4-3-9(7-14)5-11(10)12(13)15/h3-5,7-8,12,15H,6H2,1-2H3. The Morgan fingerprint density at radius 1 is 1.53 bits per heavy atom. The molecule has 0 bridgehead atoms. The minimum absolute atomic E-state index is 0.298. The Hall–Kier alpha value is -1.19. The lowest BCUT2D eigenvalue weighted by Crippen LogP contribution is -2.28. The second-order valence-electron chi connectivity index (χ2n) is 4.22. The predicted molar refractivity (Wildman–Crippen MR) is 57.5 cm³/mol. The SMILES string of the molecule is CC(C)N1Cc2ccc(C=O)cc2C1O. The molecule has 1 atom stereocenters. The zero-order valence-corrected chi connectivity index (χ0v) is 8.97. The lowest BCUT2D eigenvalue weighted by molar-refractivity contribution is -0.00726. The fraction of sp³-hybridized carbons (Fsp3) is 0.417. The van der Waals surface area contributed by atoms with E-state index in [1.165, 1.54) is 0 Å². The van der Waals surface area contributed by atoms with Gasteiger partial charge in [0.2, 0.25) is 0 Å². The van der Waals surface area contributed by atoms with E-state index in [1.54, 1.807) is 12.1 Å². The third-order valence-electron chi connectivity index (χ3n) is 2.91. The molecule has 1 heterocycles. The van der Waals surface area contributed by atoms with E-state index in [0.717, 1.165) is 24.0 Å². The molecule has 1 aromatic carbocycles. The Bertz CT molecular complexity index is 387. The molecule has 1 aliphatic rings. The van der Waals surface area contributed by atoms with Crippen molar-refractivity contribution in [2.24, 2.45) is 0 Å². The summed E-state index contributed by atoms with van der Waals surface area (Å²) in [4.78, 5) is 12.6. The maximum absolute atomic E-state index is 10.6. The van der Waals surface area contributed by atoms with Crippen LogP contribution in [0.5, 0.6) is 0 Å². The van der Waals surface area contributed by atoms with Gasteiger partial charge in [0.15, 0.2) is 0 Å². The summed E-state index contributed by atoms with van der Waals surface area (Å²) >= 11 is 0. The van der Waals surface area contributed by atoms with E-state index in [-0.39, 0.29) is 0 Å². The molecule has 1 unspecified atom stereocenters. The fourth-order valence-electron chi connectivity index (χ4n) is 2.00. The highest BCUT2D eigenvalue weighted by atomic mass is 16.3. The Kier molecular flexibility index (Phi) is 2.59. The number of aldehydes is 1. The van der Waals surface area contributed by atoms with Gasteiger partial charge in [0, 0.05) is 23.7 Å². The number of hydrogen-bond donors (Lipinski definition) is 1. The molecule has 0 saturated carbocycles. The highest BCUT2D eigenvalue weighted by molar-refractivity contribution is 5.75. The van der Waals surface area contributed by atoms with Gasteiger partial charge in [-0.1, -0.05) is 12.1 Å². The molecule has 1 aromatic rings. The number of hydrogen-bond acceptors (Lipinski definition) is 3. The van der Waals surface area contributed by atoms with Crippen molar-refractivity contribution >= 4 is 6.29 Å². The number of aliphatic hydroxyl groups excluding tert-OH is 1. The number of carbonyl (C=O) groups excluding carboxylic acids is 1. The first-order valence-corrected chi connectivity index (χ1v) is 5.15. The minimum atomic E-state index is -0.570. The first-order valence-electron chi connectivity index (χ1n) is 5.15. The van der Waals surface area contributed by atoms with Crippen molar-refractivity contribution in [3.05, 3.63) is 34.9 Å². The van der Waals surface area contributed by atoms with E-state index < -0.39 is 6.23 Å². The Balaban J connectivity index is 2.37. The van der Waals surface area contributed by atoms with Crippen LogP contribution in [0.2, 0.25) is 0 Å². The maximum Gasteiger partial charge on any atom is 0.150 e. The number of rotatable bonds is 2. The molecule has 0 radical (unpaired) electrons. The first kappa shape index (κ1) is 10.3. The third-order valence-corrected chi connectivity index (χ3v) is 2.91. The van der Waals surface area contributed by atoms with E-state index >= 15 is 0 Å². The molecule has 0 fully saturated rings. The molecular formula is C12H15NO2. The lowest BCUT2D eigenvalue weighted by atomic mass is 10.1. The molecular weight excluding hydrogens is 190 g/mol. The zero-order chi connectivity index (χ0) is 11.0. The van der Waals surface area contributed by atoms with Crippen molar-refractivity contribution in [3.63, 3.8) is 0 Å². The summed E-state index contributed by atoms with van der Waals surface area (Å²) < 4.78 is 0. The highest BCUT2D eigenvalue weighted by Gasteiger charge is 2.29. The topological polar surface area (TPSA) is 40.5 Å². The van der Waals surface area contributed by atoms with Gasteiger partial charge in [-0.25, -0.2) is 0 Å². The van der Waals surface area contributed by atoms with Crippen LogP contribution in [0, 0.1) is 0 Å². The van der Waals surface area contributed by atoms with Gasteiger partial charge in [0.05, 0.1) is 0 Å². The van der Waals surface area contributed by atoms with Crippen molar-refractivity contribution in [1.82, 2.24) is 4.90 Å². The van der Waals surface area contributed by atoms with Crippen LogP contribution in [-0.2, 0) is 6.54 Å². The molecule has 0 saturated heterocycles. The van der Waals surface area contributed by atoms with Gasteiger partial charge in [-0.2, -0.15) is 0 Å². The summed E-state index contributed by atoms with van der Waals surface area (Å²) in [5, 5.41) is 10.0. The normalized spacial score (nSPS) is 20.7. The Labute approximate surface area is 89.3 Å². The van der Waals surface area contributed by atoms with Crippen molar-refractivity contribution in [1.29, 1.82) is 0 Å². The second-order valence-corrected chi connectivity index (χ2v) is 4.22. The Morgan fingerprint density at radius 2 is 2.27 bits per heavy atom. The summed E-state index contributed by atoms with van der Waals surface area (Å²) in [6, 6.07) is 5.79. The summed E-state index contributed by atoms with van der Waals surface area (Å²) in [6.07, 6.45) is 0.241. The second kappa shape index (κ2) is 3.76. The van der Waals surface area contributed by atoms with Gasteiger partial charge in [-0.15, -0.1) is 0 Å². The molecule has 0 spiro atoms. The molecule has 80 valence electrons. The molecule has 3 nitrogen and oxygen atoms in total. The van der Waals surface area contributed by atoms with Crippen molar-refractivity contribution in [2.75, 3.05) is 0 Å². The van der Waals surface area contributed by atoms with Crippen LogP contribution in [0.4, 0.5) is 0 Å². The molecule has 1 N–H and O–H groups in total. The average Bonchev–Trinajstić information content (AvgIpc) is 2.56. The number of aliphatic hydroxyl groups is 1. The van der Waals surface area contributed by atoms with E-state index in [2.05, 4.69) is 13.8 Å². The van der Waals surface area contributed by atoms with Crippen molar-refractivity contribution in [2.45, 2.75) is 32.7 Å². The van der Waals surface area contributed by atoms with E-state index in [9.17, 15) is 9.90 Å². The quantitative estimate of drug-likeness (QED) is 0.747. The summed E-state index contributed by atoms with van der Waals surface area (Å²) in [7, 11) is 0. The average molecular weight is 205 g/mol. The van der Waals surface area contributed by atoms with E-state index in [0.29, 0.717) is 11.6 Å². The number of carbonyl (C=O) groups is 1. The van der Waals surface area contributed by atoms with Gasteiger partial charge >= 0.3 is 0 Å². The molecule has 0 aliphatic carbocycles. The summed E-state index contributed by atoms with van der Waals surface area (Å²) in [5.41, 5.74) is 2.61. The first-order chi connectivity index (χ1) is 7.13. The molecule has 2 rings (SSSR count). The molecule has 0 aromatic heterocycles. The largest absolute Gasteiger partial charge is 0.374 e. The van der Waals surface area contributed by atoms with Gasteiger partial charge in [-0.05, 0) is 25.5 Å². The molecule has 1 aliphatic heterocycles. The molecule has 3 heteroatoms. The number of fused-ring (bicyclic) bond motifs is 1. The number of nitrogens with zero attached hydrogens (tertiary/aromatic N) is 1. The summed E-state index contributed by atoms with van der Waals surface area (Å²) in [5.74, 6) is 0. The van der Waals surface area contributed by atoms with Crippen molar-refractivity contribution in [3.8, 4) is 0 Å². The van der Waals surface area contributed by atoms with Gasteiger partial charge in [0.25, 0.3) is 0 Å². The van der Waals surface area contributed by atoms with Crippen LogP contribution < -0.4 is 0 Å². The number of benzene rings is 1. The van der Waals surface area contributed by atoms with Gasteiger partial charge in [0.1, 0.15) is 12.5 Å². The van der Waals surface area contributed by atoms with Crippen LogP contribution in [0.15, 0.2) is 18.2 Å². The van der Waals surface area contributed by atoms with E-state index in [4.69, 9.17) is 0 Å².